The number of amides is 1. The molecular weight excluding hydrogens is 402 g/mol. The minimum absolute atomic E-state index is 0.124. The Morgan fingerprint density at radius 3 is 2.86 bits per heavy atom. The molecule has 29 heavy (non-hydrogen) atoms. The van der Waals surface area contributed by atoms with E-state index in [0.29, 0.717) is 17.2 Å². The average molecular weight is 419 g/mol. The molecule has 1 amide bonds. The van der Waals surface area contributed by atoms with Crippen LogP contribution >= 0.6 is 0 Å². The van der Waals surface area contributed by atoms with Gasteiger partial charge in [0.1, 0.15) is 5.84 Å². The smallest absolute Gasteiger partial charge is 0.340 e. The van der Waals surface area contributed by atoms with Gasteiger partial charge in [-0.15, -0.1) is 4.40 Å². The third-order valence-corrected chi connectivity index (χ3v) is 5.52. The molecule has 0 spiro atoms. The molecule has 1 aromatic rings. The molecule has 0 saturated carbocycles. The summed E-state index contributed by atoms with van der Waals surface area (Å²) in [4.78, 5) is 26.3. The number of hydrogen-bond donors (Lipinski definition) is 1. The normalized spacial score (nSPS) is 19.6. The number of nitrogens with zero attached hydrogens (tertiary/aromatic N) is 2. The Morgan fingerprint density at radius 1 is 1.24 bits per heavy atom. The third kappa shape index (κ3) is 4.09. The molecule has 3 heterocycles. The number of amidine groups is 1. The second kappa shape index (κ2) is 7.24. The maximum absolute atomic E-state index is 12.4. The Morgan fingerprint density at radius 2 is 2.03 bits per heavy atom. The van der Waals surface area contributed by atoms with E-state index in [9.17, 15) is 18.0 Å². The highest BCUT2D eigenvalue weighted by atomic mass is 32.2. The predicted molar refractivity (Wildman–Crippen MR) is 102 cm³/mol. The fraction of sp³-hybridized carbons (Fsp3) is 0.278. The van der Waals surface area contributed by atoms with Crippen molar-refractivity contribution in [2.45, 2.75) is 13.0 Å². The van der Waals surface area contributed by atoms with Crippen molar-refractivity contribution in [3.8, 4) is 11.5 Å². The highest BCUT2D eigenvalue weighted by molar-refractivity contribution is 7.90. The average Bonchev–Trinajstić information content (AvgIpc) is 3.14. The van der Waals surface area contributed by atoms with Crippen LogP contribution in [0.2, 0.25) is 0 Å². The van der Waals surface area contributed by atoms with Crippen LogP contribution in [0.15, 0.2) is 46.5 Å². The molecular formula is C18H17N3O7S. The SMILES string of the molecule is CC(OC(=O)C1=CN2CCS(=O)(=O)N=C2C=C1)C(=O)Nc1ccc2c(c1)OCO2. The molecule has 0 bridgehead atoms. The van der Waals surface area contributed by atoms with E-state index in [1.165, 1.54) is 25.3 Å². The molecule has 1 N–H and O–H groups in total. The van der Waals surface area contributed by atoms with Gasteiger partial charge in [0, 0.05) is 24.5 Å². The van der Waals surface area contributed by atoms with Gasteiger partial charge < -0.3 is 24.4 Å². The van der Waals surface area contributed by atoms with Crippen molar-refractivity contribution < 1.29 is 32.2 Å². The van der Waals surface area contributed by atoms with Gasteiger partial charge in [-0.2, -0.15) is 0 Å². The number of carbonyl (C=O) groups excluding carboxylic acids is 2. The van der Waals surface area contributed by atoms with Gasteiger partial charge in [-0.05, 0) is 31.2 Å². The summed E-state index contributed by atoms with van der Waals surface area (Å²) in [5.74, 6) is -0.0115. The van der Waals surface area contributed by atoms with Gasteiger partial charge >= 0.3 is 5.97 Å². The third-order valence-electron chi connectivity index (χ3n) is 4.35. The first kappa shape index (κ1) is 19.0. The Labute approximate surface area is 166 Å². The van der Waals surface area contributed by atoms with Crippen molar-refractivity contribution in [2.75, 3.05) is 24.4 Å². The lowest BCUT2D eigenvalue weighted by Crippen LogP contribution is -2.37. The Balaban J connectivity index is 1.38. The summed E-state index contributed by atoms with van der Waals surface area (Å²) in [6.45, 7) is 1.76. The molecule has 1 aromatic carbocycles. The summed E-state index contributed by atoms with van der Waals surface area (Å²) in [5, 5.41) is 2.65. The number of carbonyl (C=O) groups is 2. The van der Waals surface area contributed by atoms with Gasteiger partial charge in [-0.1, -0.05) is 0 Å². The Bertz CT molecular complexity index is 1070. The van der Waals surface area contributed by atoms with Gasteiger partial charge in [0.2, 0.25) is 6.79 Å². The second-order valence-electron chi connectivity index (χ2n) is 6.45. The lowest BCUT2D eigenvalue weighted by molar-refractivity contribution is -0.149. The van der Waals surface area contributed by atoms with Gasteiger partial charge in [-0.25, -0.2) is 13.2 Å². The van der Waals surface area contributed by atoms with E-state index in [-0.39, 0.29) is 30.5 Å². The molecule has 0 aromatic heterocycles. The van der Waals surface area contributed by atoms with E-state index >= 15 is 0 Å². The summed E-state index contributed by atoms with van der Waals surface area (Å²) in [7, 11) is -3.47. The van der Waals surface area contributed by atoms with Crippen molar-refractivity contribution in [1.82, 2.24) is 4.90 Å². The number of esters is 1. The van der Waals surface area contributed by atoms with E-state index in [1.54, 1.807) is 23.1 Å². The number of anilines is 1. The van der Waals surface area contributed by atoms with E-state index in [4.69, 9.17) is 14.2 Å². The maximum Gasteiger partial charge on any atom is 0.340 e. The lowest BCUT2D eigenvalue weighted by Gasteiger charge is -2.27. The van der Waals surface area contributed by atoms with Gasteiger partial charge in [0.25, 0.3) is 15.9 Å². The minimum Gasteiger partial charge on any atom is -0.454 e. The molecule has 1 unspecified atom stereocenters. The maximum atomic E-state index is 12.4. The number of benzene rings is 1. The fourth-order valence-corrected chi connectivity index (χ4v) is 3.79. The molecule has 1 atom stereocenters. The van der Waals surface area contributed by atoms with Crippen molar-refractivity contribution >= 4 is 33.4 Å². The molecule has 0 radical (unpaired) electrons. The van der Waals surface area contributed by atoms with Crippen molar-refractivity contribution in [2.24, 2.45) is 4.40 Å². The first-order valence-electron chi connectivity index (χ1n) is 8.71. The van der Waals surface area contributed by atoms with Crippen LogP contribution in [0.1, 0.15) is 6.92 Å². The molecule has 10 nitrogen and oxygen atoms in total. The topological polar surface area (TPSA) is 124 Å². The van der Waals surface area contributed by atoms with Crippen LogP contribution in [-0.2, 0) is 24.3 Å². The molecule has 0 saturated heterocycles. The number of sulfonamides is 1. The summed E-state index contributed by atoms with van der Waals surface area (Å²) in [5.41, 5.74) is 0.667. The molecule has 4 rings (SSSR count). The molecule has 0 aliphatic carbocycles. The molecule has 152 valence electrons. The van der Waals surface area contributed by atoms with Crippen LogP contribution in [0.4, 0.5) is 5.69 Å². The first-order chi connectivity index (χ1) is 13.8. The zero-order chi connectivity index (χ0) is 20.6. The quantitative estimate of drug-likeness (QED) is 0.711. The second-order valence-corrected chi connectivity index (χ2v) is 8.21. The van der Waals surface area contributed by atoms with Crippen LogP contribution in [0.3, 0.4) is 0 Å². The zero-order valence-corrected chi connectivity index (χ0v) is 16.1. The number of rotatable bonds is 4. The number of ether oxygens (including phenoxy) is 3. The summed E-state index contributed by atoms with van der Waals surface area (Å²) in [6.07, 6.45) is 3.23. The molecule has 3 aliphatic heterocycles. The minimum atomic E-state index is -3.47. The summed E-state index contributed by atoms with van der Waals surface area (Å²) >= 11 is 0. The Kier molecular flexibility index (Phi) is 4.74. The van der Waals surface area contributed by atoms with Crippen molar-refractivity contribution in [1.29, 1.82) is 0 Å². The monoisotopic (exact) mass is 419 g/mol. The van der Waals surface area contributed by atoms with Crippen LogP contribution in [0, 0.1) is 0 Å². The van der Waals surface area contributed by atoms with Gasteiger partial charge in [0.05, 0.1) is 11.3 Å². The van der Waals surface area contributed by atoms with E-state index in [2.05, 4.69) is 9.71 Å². The van der Waals surface area contributed by atoms with Crippen molar-refractivity contribution in [3.63, 3.8) is 0 Å². The standard InChI is InChI=1S/C18H17N3O7S/c1-11(17(22)19-13-3-4-14-15(8-13)27-10-26-14)28-18(23)12-2-5-16-20-29(24,25)7-6-21(16)9-12/h2-5,8-9,11H,6-7,10H2,1H3,(H,19,22). The summed E-state index contributed by atoms with van der Waals surface area (Å²) in [6, 6.07) is 4.94. The van der Waals surface area contributed by atoms with Crippen LogP contribution in [0.25, 0.3) is 0 Å². The molecule has 0 fully saturated rings. The van der Waals surface area contributed by atoms with E-state index in [0.717, 1.165) is 0 Å². The summed E-state index contributed by atoms with van der Waals surface area (Å²) < 4.78 is 42.4. The predicted octanol–water partition coefficient (Wildman–Crippen LogP) is 0.783. The van der Waals surface area contributed by atoms with Gasteiger partial charge in [-0.3, -0.25) is 4.79 Å². The van der Waals surface area contributed by atoms with Crippen LogP contribution in [0.5, 0.6) is 11.5 Å². The molecule has 3 aliphatic rings. The zero-order valence-electron chi connectivity index (χ0n) is 15.3. The van der Waals surface area contributed by atoms with Crippen LogP contribution < -0.4 is 14.8 Å². The largest absolute Gasteiger partial charge is 0.454 e. The van der Waals surface area contributed by atoms with E-state index in [1.807, 2.05) is 0 Å². The first-order valence-corrected chi connectivity index (χ1v) is 10.3. The van der Waals surface area contributed by atoms with Gasteiger partial charge in [0.15, 0.2) is 17.6 Å². The highest BCUT2D eigenvalue weighted by Gasteiger charge is 2.27. The Hall–Kier alpha value is -3.34. The fourth-order valence-electron chi connectivity index (χ4n) is 2.82. The molecule has 11 heteroatoms. The lowest BCUT2D eigenvalue weighted by atomic mass is 10.2. The van der Waals surface area contributed by atoms with Crippen molar-refractivity contribution in [3.05, 3.63) is 42.1 Å². The van der Waals surface area contributed by atoms with Crippen LogP contribution in [-0.4, -0.2) is 56.2 Å². The highest BCUT2D eigenvalue weighted by Crippen LogP contribution is 2.34. The number of nitrogens with one attached hydrogen (secondary N) is 1. The van der Waals surface area contributed by atoms with E-state index < -0.39 is 28.0 Å². The number of hydrogen-bond acceptors (Lipinski definition) is 8. The number of fused-ring (bicyclic) bond motifs is 2.